The Morgan fingerprint density at radius 2 is 1.70 bits per heavy atom. The van der Waals surface area contributed by atoms with E-state index in [4.69, 9.17) is 0 Å². The molecule has 3 rings (SSSR count). The van der Waals surface area contributed by atoms with Gasteiger partial charge in [0.1, 0.15) is 5.82 Å². The van der Waals surface area contributed by atoms with Crippen molar-refractivity contribution in [2.75, 3.05) is 23.3 Å². The van der Waals surface area contributed by atoms with Crippen molar-refractivity contribution in [2.45, 2.75) is 32.6 Å². The molecule has 4 heteroatoms. The van der Waals surface area contributed by atoms with Crippen molar-refractivity contribution < 1.29 is 4.79 Å². The summed E-state index contributed by atoms with van der Waals surface area (Å²) in [5.74, 6) is 0.898. The predicted octanol–water partition coefficient (Wildman–Crippen LogP) is 4.02. The molecule has 1 aromatic carbocycles. The molecule has 1 fully saturated rings. The molecule has 2 aromatic rings. The highest BCUT2D eigenvalue weighted by molar-refractivity contribution is 6.04. The molecule has 0 spiro atoms. The smallest absolute Gasteiger partial charge is 0.255 e. The van der Waals surface area contributed by atoms with Gasteiger partial charge < -0.3 is 10.2 Å². The van der Waals surface area contributed by atoms with Gasteiger partial charge in [0.25, 0.3) is 5.91 Å². The molecule has 0 atom stereocenters. The summed E-state index contributed by atoms with van der Waals surface area (Å²) >= 11 is 0. The van der Waals surface area contributed by atoms with Crippen LogP contribution in [0.15, 0.2) is 42.6 Å². The Bertz CT molecular complexity index is 641. The Morgan fingerprint density at radius 1 is 1.00 bits per heavy atom. The Labute approximate surface area is 137 Å². The highest BCUT2D eigenvalue weighted by Gasteiger charge is 2.11. The van der Waals surface area contributed by atoms with Crippen LogP contribution in [0.4, 0.5) is 11.5 Å². The SMILES string of the molecule is Cc1ccc(C(=O)Nc2ccc(N3CCCCCC3)nc2)cc1. The maximum Gasteiger partial charge on any atom is 0.255 e. The Hall–Kier alpha value is -2.36. The lowest BCUT2D eigenvalue weighted by molar-refractivity contribution is 0.102. The summed E-state index contributed by atoms with van der Waals surface area (Å²) in [5.41, 5.74) is 2.53. The molecule has 2 heterocycles. The first kappa shape index (κ1) is 15.5. The van der Waals surface area contributed by atoms with Gasteiger partial charge >= 0.3 is 0 Å². The van der Waals surface area contributed by atoms with Crippen LogP contribution in [-0.2, 0) is 0 Å². The first-order chi connectivity index (χ1) is 11.2. The van der Waals surface area contributed by atoms with Gasteiger partial charge in [-0.25, -0.2) is 4.98 Å². The number of carbonyl (C=O) groups excluding carboxylic acids is 1. The fourth-order valence-corrected chi connectivity index (χ4v) is 2.86. The van der Waals surface area contributed by atoms with Gasteiger partial charge in [-0.2, -0.15) is 0 Å². The zero-order chi connectivity index (χ0) is 16.1. The average molecular weight is 309 g/mol. The third kappa shape index (κ3) is 4.09. The van der Waals surface area contributed by atoms with Crippen molar-refractivity contribution in [3.05, 3.63) is 53.7 Å². The van der Waals surface area contributed by atoms with Crippen LogP contribution in [0.5, 0.6) is 0 Å². The van der Waals surface area contributed by atoms with Crippen LogP contribution in [-0.4, -0.2) is 24.0 Å². The minimum absolute atomic E-state index is 0.102. The van der Waals surface area contributed by atoms with Gasteiger partial charge in [-0.1, -0.05) is 30.5 Å². The topological polar surface area (TPSA) is 45.2 Å². The van der Waals surface area contributed by atoms with Crippen molar-refractivity contribution >= 4 is 17.4 Å². The molecule has 1 amide bonds. The van der Waals surface area contributed by atoms with Gasteiger partial charge in [0.05, 0.1) is 11.9 Å². The minimum atomic E-state index is -0.102. The van der Waals surface area contributed by atoms with Gasteiger partial charge in [0, 0.05) is 18.7 Å². The van der Waals surface area contributed by atoms with Crippen LogP contribution in [0.1, 0.15) is 41.6 Å². The second-order valence-electron chi connectivity index (χ2n) is 6.13. The molecular weight excluding hydrogens is 286 g/mol. The van der Waals surface area contributed by atoms with Gasteiger partial charge in [0.15, 0.2) is 0 Å². The largest absolute Gasteiger partial charge is 0.357 e. The predicted molar refractivity (Wildman–Crippen MR) is 94.1 cm³/mol. The van der Waals surface area contributed by atoms with Crippen LogP contribution in [0.2, 0.25) is 0 Å². The third-order valence-electron chi connectivity index (χ3n) is 4.25. The number of pyridine rings is 1. The maximum atomic E-state index is 12.2. The van der Waals surface area contributed by atoms with E-state index in [0.29, 0.717) is 5.56 Å². The molecule has 1 aliphatic heterocycles. The zero-order valence-electron chi connectivity index (χ0n) is 13.6. The number of aryl methyl sites for hydroxylation is 1. The molecular formula is C19H23N3O. The average Bonchev–Trinajstić information content (AvgIpc) is 2.85. The molecule has 4 nitrogen and oxygen atoms in total. The molecule has 1 aromatic heterocycles. The minimum Gasteiger partial charge on any atom is -0.357 e. The van der Waals surface area contributed by atoms with Crippen molar-refractivity contribution in [1.29, 1.82) is 0 Å². The van der Waals surface area contributed by atoms with Crippen molar-refractivity contribution in [1.82, 2.24) is 4.98 Å². The van der Waals surface area contributed by atoms with E-state index in [-0.39, 0.29) is 5.91 Å². The second-order valence-corrected chi connectivity index (χ2v) is 6.13. The van der Waals surface area contributed by atoms with Crippen molar-refractivity contribution in [2.24, 2.45) is 0 Å². The fourth-order valence-electron chi connectivity index (χ4n) is 2.86. The maximum absolute atomic E-state index is 12.2. The molecule has 0 unspecified atom stereocenters. The summed E-state index contributed by atoms with van der Waals surface area (Å²) in [7, 11) is 0. The van der Waals surface area contributed by atoms with E-state index in [9.17, 15) is 4.79 Å². The number of anilines is 2. The summed E-state index contributed by atoms with van der Waals surface area (Å²) in [6.07, 6.45) is 6.82. The van der Waals surface area contributed by atoms with E-state index >= 15 is 0 Å². The molecule has 0 saturated carbocycles. The van der Waals surface area contributed by atoms with E-state index < -0.39 is 0 Å². The van der Waals surface area contributed by atoms with Crippen LogP contribution in [0.3, 0.4) is 0 Å². The normalized spacial score (nSPS) is 15.1. The van der Waals surface area contributed by atoms with Crippen molar-refractivity contribution in [3.8, 4) is 0 Å². The molecule has 1 saturated heterocycles. The number of nitrogens with zero attached hydrogens (tertiary/aromatic N) is 2. The molecule has 120 valence electrons. The standard InChI is InChI=1S/C19H23N3O/c1-15-6-8-16(9-7-15)19(23)21-17-10-11-18(20-14-17)22-12-4-2-3-5-13-22/h6-11,14H,2-5,12-13H2,1H3,(H,21,23). The first-order valence-electron chi connectivity index (χ1n) is 8.31. The van der Waals surface area contributed by atoms with Gasteiger partial charge in [0.2, 0.25) is 0 Å². The number of hydrogen-bond acceptors (Lipinski definition) is 3. The molecule has 1 aliphatic rings. The fraction of sp³-hybridized carbons (Fsp3) is 0.368. The molecule has 23 heavy (non-hydrogen) atoms. The lowest BCUT2D eigenvalue weighted by atomic mass is 10.1. The second kappa shape index (κ2) is 7.27. The van der Waals surface area contributed by atoms with Gasteiger partial charge in [-0.15, -0.1) is 0 Å². The van der Waals surface area contributed by atoms with E-state index in [0.717, 1.165) is 30.2 Å². The third-order valence-corrected chi connectivity index (χ3v) is 4.25. The van der Waals surface area contributed by atoms with E-state index in [1.165, 1.54) is 25.7 Å². The number of aromatic nitrogens is 1. The zero-order valence-corrected chi connectivity index (χ0v) is 13.6. The molecule has 0 radical (unpaired) electrons. The Balaban J connectivity index is 1.64. The molecule has 0 aliphatic carbocycles. The number of nitrogens with one attached hydrogen (secondary N) is 1. The first-order valence-corrected chi connectivity index (χ1v) is 8.31. The lowest BCUT2D eigenvalue weighted by Gasteiger charge is -2.21. The number of rotatable bonds is 3. The van der Waals surface area contributed by atoms with Crippen LogP contribution >= 0.6 is 0 Å². The highest BCUT2D eigenvalue weighted by Crippen LogP contribution is 2.19. The summed E-state index contributed by atoms with van der Waals surface area (Å²) in [6, 6.07) is 11.5. The number of carbonyl (C=O) groups is 1. The Kier molecular flexibility index (Phi) is 4.91. The van der Waals surface area contributed by atoms with E-state index in [1.54, 1.807) is 6.20 Å². The number of benzene rings is 1. The number of hydrogen-bond donors (Lipinski definition) is 1. The lowest BCUT2D eigenvalue weighted by Crippen LogP contribution is -2.24. The van der Waals surface area contributed by atoms with Gasteiger partial charge in [-0.05, 0) is 44.0 Å². The Morgan fingerprint density at radius 3 is 2.30 bits per heavy atom. The summed E-state index contributed by atoms with van der Waals surface area (Å²) in [6.45, 7) is 4.15. The molecule has 1 N–H and O–H groups in total. The quantitative estimate of drug-likeness (QED) is 0.931. The van der Waals surface area contributed by atoms with Crippen LogP contribution < -0.4 is 10.2 Å². The van der Waals surface area contributed by atoms with Gasteiger partial charge in [-0.3, -0.25) is 4.79 Å². The number of amides is 1. The van der Waals surface area contributed by atoms with Crippen molar-refractivity contribution in [3.63, 3.8) is 0 Å². The van der Waals surface area contributed by atoms with Crippen LogP contribution in [0.25, 0.3) is 0 Å². The van der Waals surface area contributed by atoms with E-state index in [1.807, 2.05) is 43.3 Å². The summed E-state index contributed by atoms with van der Waals surface area (Å²) in [5, 5.41) is 2.90. The summed E-state index contributed by atoms with van der Waals surface area (Å²) < 4.78 is 0. The highest BCUT2D eigenvalue weighted by atomic mass is 16.1. The monoisotopic (exact) mass is 309 g/mol. The summed E-state index contributed by atoms with van der Waals surface area (Å²) in [4.78, 5) is 19.1. The molecule has 0 bridgehead atoms. The van der Waals surface area contributed by atoms with E-state index in [2.05, 4.69) is 15.2 Å². The van der Waals surface area contributed by atoms with Crippen LogP contribution in [0, 0.1) is 6.92 Å².